The predicted molar refractivity (Wildman–Crippen MR) is 144 cm³/mol. The normalized spacial score (nSPS) is 28.8. The third-order valence-electron chi connectivity index (χ3n) is 8.53. The topological polar surface area (TPSA) is 169 Å². The second-order valence-corrected chi connectivity index (χ2v) is 12.5. The van der Waals surface area contributed by atoms with Crippen LogP contribution in [0.3, 0.4) is 0 Å². The molecule has 1 aromatic heterocycles. The number of rotatable bonds is 6. The first-order chi connectivity index (χ1) is 19.8. The van der Waals surface area contributed by atoms with E-state index in [4.69, 9.17) is 9.47 Å². The molecular weight excluding hydrogens is 546 g/mol. The molecule has 41 heavy (non-hydrogen) atoms. The molecule has 2 aliphatic heterocycles. The summed E-state index contributed by atoms with van der Waals surface area (Å²) in [6.07, 6.45) is 1.39. The van der Waals surface area contributed by atoms with Crippen molar-refractivity contribution in [2.75, 3.05) is 20.2 Å². The highest BCUT2D eigenvalue weighted by molar-refractivity contribution is 7.89. The number of nitrogens with one attached hydrogen (secondary N) is 1. The van der Waals surface area contributed by atoms with Gasteiger partial charge in [0, 0.05) is 19.2 Å². The zero-order chi connectivity index (χ0) is 29.0. The van der Waals surface area contributed by atoms with Gasteiger partial charge in [-0.05, 0) is 36.1 Å². The first kappa shape index (κ1) is 27.1. The lowest BCUT2D eigenvalue weighted by atomic mass is 9.71. The molecule has 210 valence electrons. The Labute approximate surface area is 237 Å². The number of pyridine rings is 1. The van der Waals surface area contributed by atoms with Gasteiger partial charge in [0.1, 0.15) is 22.8 Å². The minimum absolute atomic E-state index is 0.00922. The highest BCUT2D eigenvalue weighted by atomic mass is 32.2. The molecule has 0 amide bonds. The number of fused-ring (bicyclic) bond motifs is 3. The average molecular weight is 574 g/mol. The van der Waals surface area contributed by atoms with E-state index in [2.05, 4.69) is 16.5 Å². The smallest absolute Gasteiger partial charge is 0.224 e. The quantitative estimate of drug-likeness (QED) is 0.372. The summed E-state index contributed by atoms with van der Waals surface area (Å²) in [5, 5.41) is 41.5. The summed E-state index contributed by atoms with van der Waals surface area (Å²) >= 11 is 0. The van der Waals surface area contributed by atoms with Gasteiger partial charge in [0.15, 0.2) is 11.2 Å². The van der Waals surface area contributed by atoms with Crippen LogP contribution in [0.2, 0.25) is 0 Å². The molecule has 0 bridgehead atoms. The molecule has 0 spiro atoms. The molecule has 5 atom stereocenters. The van der Waals surface area contributed by atoms with E-state index in [-0.39, 0.29) is 22.9 Å². The van der Waals surface area contributed by atoms with E-state index >= 15 is 0 Å². The Hall–Kier alpha value is -4.04. The van der Waals surface area contributed by atoms with Crippen LogP contribution in [-0.2, 0) is 21.2 Å². The fourth-order valence-corrected chi connectivity index (χ4v) is 9.29. The van der Waals surface area contributed by atoms with Gasteiger partial charge in [-0.15, -0.1) is 0 Å². The predicted octanol–water partition coefficient (Wildman–Crippen LogP) is 2.25. The summed E-state index contributed by atoms with van der Waals surface area (Å²) in [6.45, 7) is 0.628. The molecule has 0 radical (unpaired) electrons. The first-order valence-corrected chi connectivity index (χ1v) is 14.6. The summed E-state index contributed by atoms with van der Waals surface area (Å²) in [5.74, 6) is -1.15. The maximum absolute atomic E-state index is 14.5. The number of methoxy groups -OCH3 is 1. The van der Waals surface area contributed by atoms with E-state index in [9.17, 15) is 29.3 Å². The summed E-state index contributed by atoms with van der Waals surface area (Å²) < 4.78 is 42.6. The van der Waals surface area contributed by atoms with Gasteiger partial charge in [-0.1, -0.05) is 42.5 Å². The molecule has 1 saturated carbocycles. The van der Waals surface area contributed by atoms with Crippen LogP contribution in [0, 0.1) is 22.7 Å². The first-order valence-electron chi connectivity index (χ1n) is 13.1. The molecule has 3 aromatic rings. The standard InChI is InChI=1S/C29H27N5O6S/c1-39-27-24-22(15-21(17-31)32-27)40-29(20-11-9-18(16-30)10-12-20)23(19-7-3-2-4-8-19)25(26(33-36)28(24,29)35)41(37,38)34-13-5-6-14-34/h2-4,7-12,15,23,25-26,33,35-36H,5-6,13-14H2,1H3/t23-,25-,26-,28+,29+/m1/s1. The molecule has 2 aromatic carbocycles. The number of nitriles is 2. The Morgan fingerprint density at radius 1 is 1.10 bits per heavy atom. The molecule has 3 N–H and O–H groups in total. The van der Waals surface area contributed by atoms with Crippen molar-refractivity contribution < 1.29 is 28.2 Å². The SMILES string of the molecule is COc1nc(C#N)cc2c1[C@]1(O)[C@H](NO)[C@H](S(=O)(=O)N3CCCC3)[C@@H](c3ccccc3)[C@]1(c1ccc(C#N)cc1)O2. The fraction of sp³-hybridized carbons (Fsp3) is 0.345. The highest BCUT2D eigenvalue weighted by Gasteiger charge is 2.79. The van der Waals surface area contributed by atoms with Crippen molar-refractivity contribution in [3.05, 3.63) is 88.6 Å². The molecule has 1 saturated heterocycles. The number of hydrogen-bond acceptors (Lipinski definition) is 10. The van der Waals surface area contributed by atoms with Crippen molar-refractivity contribution in [1.82, 2.24) is 14.8 Å². The Morgan fingerprint density at radius 3 is 2.37 bits per heavy atom. The monoisotopic (exact) mass is 573 g/mol. The highest BCUT2D eigenvalue weighted by Crippen LogP contribution is 2.69. The van der Waals surface area contributed by atoms with Crippen LogP contribution in [0.5, 0.6) is 11.6 Å². The second-order valence-electron chi connectivity index (χ2n) is 10.4. The van der Waals surface area contributed by atoms with Crippen molar-refractivity contribution in [3.63, 3.8) is 0 Å². The summed E-state index contributed by atoms with van der Waals surface area (Å²) in [7, 11) is -2.85. The van der Waals surface area contributed by atoms with Gasteiger partial charge in [0.05, 0.1) is 36.3 Å². The van der Waals surface area contributed by atoms with E-state index in [1.54, 1.807) is 54.6 Å². The molecule has 3 aliphatic rings. The van der Waals surface area contributed by atoms with Crippen LogP contribution in [0.25, 0.3) is 0 Å². The summed E-state index contributed by atoms with van der Waals surface area (Å²) in [5.41, 5.74) is -0.766. The van der Waals surface area contributed by atoms with Gasteiger partial charge in [-0.25, -0.2) is 17.7 Å². The molecular formula is C29H27N5O6S. The van der Waals surface area contributed by atoms with Crippen molar-refractivity contribution in [2.24, 2.45) is 0 Å². The maximum atomic E-state index is 14.5. The molecule has 1 aliphatic carbocycles. The number of hydroxylamine groups is 1. The number of aromatic nitrogens is 1. The van der Waals surface area contributed by atoms with E-state index in [1.165, 1.54) is 17.5 Å². The van der Waals surface area contributed by atoms with Crippen LogP contribution in [0.4, 0.5) is 0 Å². The van der Waals surface area contributed by atoms with Gasteiger partial charge in [-0.3, -0.25) is 0 Å². The third kappa shape index (κ3) is 3.63. The van der Waals surface area contributed by atoms with Gasteiger partial charge in [0.25, 0.3) is 0 Å². The van der Waals surface area contributed by atoms with Crippen LogP contribution in [-0.4, -0.2) is 59.5 Å². The van der Waals surface area contributed by atoms with E-state index < -0.39 is 38.4 Å². The Balaban J connectivity index is 1.74. The lowest BCUT2D eigenvalue weighted by Gasteiger charge is -2.41. The Morgan fingerprint density at radius 2 is 1.78 bits per heavy atom. The number of nitrogens with zero attached hydrogens (tertiary/aromatic N) is 4. The maximum Gasteiger partial charge on any atom is 0.224 e. The molecule has 6 rings (SSSR count). The molecule has 2 fully saturated rings. The molecule has 11 nitrogen and oxygen atoms in total. The van der Waals surface area contributed by atoms with E-state index in [0.717, 1.165) is 0 Å². The van der Waals surface area contributed by atoms with Gasteiger partial charge < -0.3 is 19.8 Å². The van der Waals surface area contributed by atoms with E-state index in [0.29, 0.717) is 42.6 Å². The van der Waals surface area contributed by atoms with Gasteiger partial charge >= 0.3 is 0 Å². The lowest BCUT2D eigenvalue weighted by Crippen LogP contribution is -2.57. The molecule has 12 heteroatoms. The Kier molecular flexibility index (Phi) is 6.49. The number of aliphatic hydroxyl groups is 1. The van der Waals surface area contributed by atoms with Crippen molar-refractivity contribution in [3.8, 4) is 23.8 Å². The largest absolute Gasteiger partial charge is 0.481 e. The number of ether oxygens (including phenoxy) is 2. The number of benzene rings is 2. The molecule has 3 heterocycles. The minimum atomic E-state index is -4.17. The lowest BCUT2D eigenvalue weighted by molar-refractivity contribution is -0.132. The fourth-order valence-electron chi connectivity index (χ4n) is 6.88. The summed E-state index contributed by atoms with van der Waals surface area (Å²) in [6, 6.07) is 19.0. The van der Waals surface area contributed by atoms with Crippen molar-refractivity contribution in [2.45, 2.75) is 41.3 Å². The van der Waals surface area contributed by atoms with Gasteiger partial charge in [0.2, 0.25) is 15.9 Å². The van der Waals surface area contributed by atoms with Crippen molar-refractivity contribution >= 4 is 10.0 Å². The minimum Gasteiger partial charge on any atom is -0.481 e. The van der Waals surface area contributed by atoms with E-state index in [1.807, 2.05) is 6.07 Å². The molecule has 0 unspecified atom stereocenters. The number of hydrogen-bond donors (Lipinski definition) is 3. The third-order valence-corrected chi connectivity index (χ3v) is 10.8. The zero-order valence-electron chi connectivity index (χ0n) is 22.1. The van der Waals surface area contributed by atoms with Crippen molar-refractivity contribution in [1.29, 1.82) is 10.5 Å². The van der Waals surface area contributed by atoms with Crippen LogP contribution in [0.1, 0.15) is 46.7 Å². The average Bonchev–Trinajstić information content (AvgIpc) is 3.69. The Bertz CT molecular complexity index is 1680. The number of sulfonamides is 1. The second kappa shape index (κ2) is 9.80. The summed E-state index contributed by atoms with van der Waals surface area (Å²) in [4.78, 5) is 4.23. The van der Waals surface area contributed by atoms with Crippen LogP contribution < -0.4 is 15.0 Å². The van der Waals surface area contributed by atoms with Crippen LogP contribution >= 0.6 is 0 Å². The zero-order valence-corrected chi connectivity index (χ0v) is 22.9. The van der Waals surface area contributed by atoms with Gasteiger partial charge in [-0.2, -0.15) is 16.0 Å². The van der Waals surface area contributed by atoms with Crippen LogP contribution in [0.15, 0.2) is 60.7 Å².